The molecule has 1 aromatic heterocycles. The van der Waals surface area contributed by atoms with Gasteiger partial charge < -0.3 is 10.4 Å². The quantitative estimate of drug-likeness (QED) is 0.813. The second-order valence-electron chi connectivity index (χ2n) is 3.56. The molecule has 8 heteroatoms. The van der Waals surface area contributed by atoms with Crippen LogP contribution in [0.2, 0.25) is 0 Å². The van der Waals surface area contributed by atoms with Crippen molar-refractivity contribution in [2.24, 2.45) is 5.92 Å². The van der Waals surface area contributed by atoms with E-state index in [2.05, 4.69) is 10.4 Å². The summed E-state index contributed by atoms with van der Waals surface area (Å²) >= 11 is 0. The molecule has 17 heavy (non-hydrogen) atoms. The van der Waals surface area contributed by atoms with Gasteiger partial charge in [-0.1, -0.05) is 0 Å². The van der Waals surface area contributed by atoms with E-state index in [4.69, 9.17) is 9.90 Å². The highest BCUT2D eigenvalue weighted by atomic mass is 19.4. The molecule has 0 saturated carbocycles. The van der Waals surface area contributed by atoms with Crippen LogP contribution in [0.1, 0.15) is 0 Å². The summed E-state index contributed by atoms with van der Waals surface area (Å²) in [5.74, 6) is -1.95. The Bertz CT molecular complexity index is 347. The largest absolute Gasteiger partial charge is 0.490 e. The summed E-state index contributed by atoms with van der Waals surface area (Å²) in [6.07, 6.45) is -1.25. The molecule has 1 aromatic rings. The smallest absolute Gasteiger partial charge is 0.475 e. The Hall–Kier alpha value is -1.57. The summed E-state index contributed by atoms with van der Waals surface area (Å²) in [5, 5.41) is 14.5. The first kappa shape index (κ1) is 13.5. The van der Waals surface area contributed by atoms with Gasteiger partial charge in [-0.25, -0.2) is 4.79 Å². The molecule has 0 spiro atoms. The fourth-order valence-corrected chi connectivity index (χ4v) is 1.15. The number of nitrogens with one attached hydrogen (secondary N) is 1. The van der Waals surface area contributed by atoms with Crippen LogP contribution in [0, 0.1) is 5.92 Å². The summed E-state index contributed by atoms with van der Waals surface area (Å²) in [4.78, 5) is 8.90. The lowest BCUT2D eigenvalue weighted by molar-refractivity contribution is -0.192. The molecule has 1 fully saturated rings. The van der Waals surface area contributed by atoms with Crippen molar-refractivity contribution in [3.8, 4) is 0 Å². The molecule has 0 aliphatic carbocycles. The zero-order chi connectivity index (χ0) is 12.9. The monoisotopic (exact) mass is 251 g/mol. The standard InChI is InChI=1S/C7H11N3.C2HF3O2/c1-2-9-10(3-1)6-7-4-8-5-7;3-2(4,5)1(6)7/h1-3,7-8H,4-6H2;(H,6,7). The second kappa shape index (κ2) is 5.67. The van der Waals surface area contributed by atoms with Crippen LogP contribution in [-0.2, 0) is 11.3 Å². The summed E-state index contributed by atoms with van der Waals surface area (Å²) in [5.41, 5.74) is 0. The van der Waals surface area contributed by atoms with Crippen molar-refractivity contribution < 1.29 is 23.1 Å². The van der Waals surface area contributed by atoms with Crippen LogP contribution in [0.15, 0.2) is 18.5 Å². The Morgan fingerprint density at radius 3 is 2.41 bits per heavy atom. The van der Waals surface area contributed by atoms with Crippen LogP contribution >= 0.6 is 0 Å². The third-order valence-electron chi connectivity index (χ3n) is 2.11. The molecule has 96 valence electrons. The van der Waals surface area contributed by atoms with Gasteiger partial charge in [0.2, 0.25) is 0 Å². The van der Waals surface area contributed by atoms with Crippen molar-refractivity contribution >= 4 is 5.97 Å². The van der Waals surface area contributed by atoms with E-state index in [1.807, 2.05) is 23.1 Å². The second-order valence-corrected chi connectivity index (χ2v) is 3.56. The Morgan fingerprint density at radius 2 is 2.12 bits per heavy atom. The van der Waals surface area contributed by atoms with E-state index in [0.29, 0.717) is 0 Å². The van der Waals surface area contributed by atoms with E-state index >= 15 is 0 Å². The first-order valence-corrected chi connectivity index (χ1v) is 4.88. The predicted molar refractivity (Wildman–Crippen MR) is 52.3 cm³/mol. The van der Waals surface area contributed by atoms with Gasteiger partial charge in [-0.15, -0.1) is 0 Å². The number of carboxylic acids is 1. The van der Waals surface area contributed by atoms with Crippen molar-refractivity contribution in [3.63, 3.8) is 0 Å². The third kappa shape index (κ3) is 4.85. The molecule has 0 bridgehead atoms. The van der Waals surface area contributed by atoms with Gasteiger partial charge in [-0.2, -0.15) is 18.3 Å². The molecular formula is C9H12F3N3O2. The Balaban J connectivity index is 0.000000185. The van der Waals surface area contributed by atoms with Gasteiger partial charge >= 0.3 is 12.1 Å². The highest BCUT2D eigenvalue weighted by molar-refractivity contribution is 5.73. The van der Waals surface area contributed by atoms with Crippen molar-refractivity contribution in [3.05, 3.63) is 18.5 Å². The highest BCUT2D eigenvalue weighted by Gasteiger charge is 2.38. The number of hydrogen-bond acceptors (Lipinski definition) is 3. The first-order chi connectivity index (χ1) is 7.89. The average molecular weight is 251 g/mol. The number of halogens is 3. The van der Waals surface area contributed by atoms with Gasteiger partial charge in [0, 0.05) is 37.9 Å². The van der Waals surface area contributed by atoms with Crippen molar-refractivity contribution in [1.82, 2.24) is 15.1 Å². The summed E-state index contributed by atoms with van der Waals surface area (Å²) in [6, 6.07) is 1.96. The maximum absolute atomic E-state index is 10.6. The van der Waals surface area contributed by atoms with Crippen LogP contribution in [0.25, 0.3) is 0 Å². The number of rotatable bonds is 2. The Kier molecular flexibility index (Phi) is 4.50. The van der Waals surface area contributed by atoms with Crippen molar-refractivity contribution in [2.45, 2.75) is 12.7 Å². The molecule has 0 unspecified atom stereocenters. The van der Waals surface area contributed by atoms with Crippen LogP contribution in [-0.4, -0.2) is 40.1 Å². The van der Waals surface area contributed by atoms with Crippen LogP contribution in [0.4, 0.5) is 13.2 Å². The van der Waals surface area contributed by atoms with E-state index in [1.54, 1.807) is 0 Å². The fraction of sp³-hybridized carbons (Fsp3) is 0.556. The molecule has 2 heterocycles. The lowest BCUT2D eigenvalue weighted by Crippen LogP contribution is -2.44. The highest BCUT2D eigenvalue weighted by Crippen LogP contribution is 2.13. The number of carbonyl (C=O) groups is 1. The lowest BCUT2D eigenvalue weighted by atomic mass is 10.0. The minimum atomic E-state index is -5.08. The molecule has 1 aliphatic rings. The Labute approximate surface area is 95.2 Å². The molecule has 0 radical (unpaired) electrons. The lowest BCUT2D eigenvalue weighted by Gasteiger charge is -2.26. The zero-order valence-electron chi connectivity index (χ0n) is 8.81. The first-order valence-electron chi connectivity index (χ1n) is 4.88. The summed E-state index contributed by atoms with van der Waals surface area (Å²) in [7, 11) is 0. The molecule has 2 N–H and O–H groups in total. The maximum Gasteiger partial charge on any atom is 0.490 e. The number of aliphatic carboxylic acids is 1. The SMILES string of the molecule is O=C(O)C(F)(F)F.c1cnn(CC2CNC2)c1. The van der Waals surface area contributed by atoms with E-state index in [1.165, 1.54) is 0 Å². The molecule has 5 nitrogen and oxygen atoms in total. The van der Waals surface area contributed by atoms with Gasteiger partial charge in [0.15, 0.2) is 0 Å². The molecular weight excluding hydrogens is 239 g/mol. The van der Waals surface area contributed by atoms with Gasteiger partial charge in [-0.05, 0) is 6.07 Å². The topological polar surface area (TPSA) is 67.1 Å². The zero-order valence-corrected chi connectivity index (χ0v) is 8.81. The normalized spacial score (nSPS) is 15.7. The fourth-order valence-electron chi connectivity index (χ4n) is 1.15. The molecule has 0 aromatic carbocycles. The van der Waals surface area contributed by atoms with Gasteiger partial charge in [-0.3, -0.25) is 4.68 Å². The average Bonchev–Trinajstić information content (AvgIpc) is 2.63. The maximum atomic E-state index is 10.6. The summed E-state index contributed by atoms with van der Waals surface area (Å²) in [6.45, 7) is 3.37. The molecule has 1 saturated heterocycles. The van der Waals surface area contributed by atoms with Gasteiger partial charge in [0.25, 0.3) is 0 Å². The predicted octanol–water partition coefficient (Wildman–Crippen LogP) is 0.736. The van der Waals surface area contributed by atoms with Crippen molar-refractivity contribution in [1.29, 1.82) is 0 Å². The molecule has 1 aliphatic heterocycles. The number of alkyl halides is 3. The number of aromatic nitrogens is 2. The number of nitrogens with zero attached hydrogens (tertiary/aromatic N) is 2. The molecule has 0 atom stereocenters. The van der Waals surface area contributed by atoms with E-state index in [0.717, 1.165) is 25.6 Å². The van der Waals surface area contributed by atoms with E-state index < -0.39 is 12.1 Å². The van der Waals surface area contributed by atoms with Crippen LogP contribution < -0.4 is 5.32 Å². The third-order valence-corrected chi connectivity index (χ3v) is 2.11. The van der Waals surface area contributed by atoms with Gasteiger partial charge in [0.1, 0.15) is 0 Å². The van der Waals surface area contributed by atoms with Crippen LogP contribution in [0.3, 0.4) is 0 Å². The summed E-state index contributed by atoms with van der Waals surface area (Å²) < 4.78 is 33.7. The van der Waals surface area contributed by atoms with Gasteiger partial charge in [0.05, 0.1) is 0 Å². The number of carboxylic acid groups (broad SMARTS) is 1. The van der Waals surface area contributed by atoms with Crippen molar-refractivity contribution in [2.75, 3.05) is 13.1 Å². The molecule has 2 rings (SSSR count). The van der Waals surface area contributed by atoms with Crippen LogP contribution in [0.5, 0.6) is 0 Å². The Morgan fingerprint density at radius 1 is 1.53 bits per heavy atom. The minimum absolute atomic E-state index is 0.805. The van der Waals surface area contributed by atoms with E-state index in [-0.39, 0.29) is 0 Å². The molecule has 0 amide bonds. The number of hydrogen-bond donors (Lipinski definition) is 2. The van der Waals surface area contributed by atoms with E-state index in [9.17, 15) is 13.2 Å². The minimum Gasteiger partial charge on any atom is -0.475 e.